The molecule has 1 aliphatic carbocycles. The van der Waals surface area contributed by atoms with Gasteiger partial charge in [-0.05, 0) is 36.5 Å². The lowest BCUT2D eigenvalue weighted by Crippen LogP contribution is -2.12. The van der Waals surface area contributed by atoms with Crippen molar-refractivity contribution in [2.45, 2.75) is 30.7 Å². The van der Waals surface area contributed by atoms with Crippen molar-refractivity contribution < 1.29 is 18.3 Å². The fraction of sp³-hybridized carbons (Fsp3) is 0.400. The maximum Gasteiger partial charge on any atom is 0.452 e. The Morgan fingerprint density at radius 2 is 2.04 bits per heavy atom. The van der Waals surface area contributed by atoms with Gasteiger partial charge in [-0.1, -0.05) is 6.07 Å². The van der Waals surface area contributed by atoms with Crippen LogP contribution in [0.3, 0.4) is 0 Å². The monoisotopic (exact) mass is 354 g/mol. The second kappa shape index (κ2) is 5.59. The van der Waals surface area contributed by atoms with Gasteiger partial charge in [-0.25, -0.2) is 4.98 Å². The number of hydrogen-bond donors (Lipinski definition) is 1. The van der Waals surface area contributed by atoms with Crippen LogP contribution in [-0.4, -0.2) is 30.4 Å². The number of thioether (sulfide) groups is 1. The Morgan fingerprint density at radius 1 is 1.25 bits per heavy atom. The van der Waals surface area contributed by atoms with Crippen molar-refractivity contribution >= 4 is 28.4 Å². The number of alkyl halides is 3. The third-order valence-corrected chi connectivity index (χ3v) is 5.13. The summed E-state index contributed by atoms with van der Waals surface area (Å²) in [5, 5.41) is 16.8. The molecule has 5 nitrogen and oxygen atoms in total. The predicted molar refractivity (Wildman–Crippen MR) is 82.7 cm³/mol. The van der Waals surface area contributed by atoms with Crippen molar-refractivity contribution in [1.29, 1.82) is 0 Å². The predicted octanol–water partition coefficient (Wildman–Crippen LogP) is 3.29. The third-order valence-electron chi connectivity index (χ3n) is 3.95. The van der Waals surface area contributed by atoms with E-state index in [-0.39, 0.29) is 17.8 Å². The molecule has 0 atom stereocenters. The number of halogens is 3. The fourth-order valence-electron chi connectivity index (χ4n) is 2.51. The lowest BCUT2D eigenvalue weighted by Gasteiger charge is -2.10. The SMILES string of the molecule is OCc1ccc2nc(SCC3CC3)c3nnc(C(F)(F)F)n3c2c1. The van der Waals surface area contributed by atoms with Crippen molar-refractivity contribution in [3.05, 3.63) is 29.6 Å². The molecule has 0 bridgehead atoms. The van der Waals surface area contributed by atoms with Gasteiger partial charge < -0.3 is 5.11 Å². The van der Waals surface area contributed by atoms with Crippen molar-refractivity contribution in [1.82, 2.24) is 19.6 Å². The Kier molecular flexibility index (Phi) is 3.65. The van der Waals surface area contributed by atoms with Gasteiger partial charge in [0.15, 0.2) is 5.65 Å². The van der Waals surface area contributed by atoms with E-state index in [1.807, 2.05) is 0 Å². The summed E-state index contributed by atoms with van der Waals surface area (Å²) < 4.78 is 40.9. The highest BCUT2D eigenvalue weighted by molar-refractivity contribution is 7.99. The quantitative estimate of drug-likeness (QED) is 0.729. The largest absolute Gasteiger partial charge is 0.452 e. The average molecular weight is 354 g/mol. The number of benzene rings is 1. The van der Waals surface area contributed by atoms with Crippen molar-refractivity contribution in [2.75, 3.05) is 5.75 Å². The number of nitrogens with zero attached hydrogens (tertiary/aromatic N) is 4. The van der Waals surface area contributed by atoms with Crippen LogP contribution in [-0.2, 0) is 12.8 Å². The van der Waals surface area contributed by atoms with Crippen LogP contribution in [0.5, 0.6) is 0 Å². The van der Waals surface area contributed by atoms with E-state index in [0.717, 1.165) is 23.0 Å². The summed E-state index contributed by atoms with van der Waals surface area (Å²) in [4.78, 5) is 4.46. The summed E-state index contributed by atoms with van der Waals surface area (Å²) in [6, 6.07) is 4.75. The summed E-state index contributed by atoms with van der Waals surface area (Å²) >= 11 is 1.42. The summed E-state index contributed by atoms with van der Waals surface area (Å²) in [7, 11) is 0. The second-order valence-electron chi connectivity index (χ2n) is 5.83. The molecule has 1 fully saturated rings. The van der Waals surface area contributed by atoms with E-state index in [1.54, 1.807) is 12.1 Å². The Bertz CT molecular complexity index is 920. The van der Waals surface area contributed by atoms with Crippen LogP contribution in [0, 0.1) is 5.92 Å². The fourth-order valence-corrected chi connectivity index (χ4v) is 3.66. The number of aliphatic hydroxyl groups excluding tert-OH is 1. The van der Waals surface area contributed by atoms with Crippen molar-refractivity contribution in [3.8, 4) is 0 Å². The van der Waals surface area contributed by atoms with Gasteiger partial charge in [-0.15, -0.1) is 22.0 Å². The molecule has 9 heteroatoms. The molecule has 1 N–H and O–H groups in total. The number of fused-ring (bicyclic) bond motifs is 3. The van der Waals surface area contributed by atoms with Gasteiger partial charge in [-0.3, -0.25) is 4.40 Å². The number of aromatic nitrogens is 4. The van der Waals surface area contributed by atoms with E-state index in [9.17, 15) is 18.3 Å². The molecule has 4 rings (SSSR count). The first-order valence-electron chi connectivity index (χ1n) is 7.46. The van der Waals surface area contributed by atoms with E-state index in [0.29, 0.717) is 22.0 Å². The van der Waals surface area contributed by atoms with Gasteiger partial charge in [0, 0.05) is 5.75 Å². The minimum absolute atomic E-state index is 0.107. The third kappa shape index (κ3) is 2.71. The van der Waals surface area contributed by atoms with Crippen LogP contribution in [0.15, 0.2) is 23.2 Å². The van der Waals surface area contributed by atoms with Gasteiger partial charge in [0.2, 0.25) is 5.82 Å². The van der Waals surface area contributed by atoms with Gasteiger partial charge in [0.1, 0.15) is 5.03 Å². The molecule has 126 valence electrons. The van der Waals surface area contributed by atoms with Crippen LogP contribution >= 0.6 is 11.8 Å². The lowest BCUT2D eigenvalue weighted by atomic mass is 10.2. The van der Waals surface area contributed by atoms with Gasteiger partial charge in [0.05, 0.1) is 17.6 Å². The molecule has 2 aromatic heterocycles. The first kappa shape index (κ1) is 15.6. The number of aliphatic hydroxyl groups is 1. The zero-order valence-electron chi connectivity index (χ0n) is 12.4. The Morgan fingerprint density at radius 3 is 2.71 bits per heavy atom. The molecule has 1 aliphatic rings. The maximum atomic E-state index is 13.3. The molecular weight excluding hydrogens is 341 g/mol. The summed E-state index contributed by atoms with van der Waals surface area (Å²) in [6.07, 6.45) is -2.32. The zero-order valence-corrected chi connectivity index (χ0v) is 13.2. The highest BCUT2D eigenvalue weighted by Gasteiger charge is 2.38. The number of hydrogen-bond acceptors (Lipinski definition) is 5. The highest BCUT2D eigenvalue weighted by atomic mass is 32.2. The first-order valence-corrected chi connectivity index (χ1v) is 8.44. The smallest absolute Gasteiger partial charge is 0.392 e. The first-order chi connectivity index (χ1) is 11.5. The molecule has 0 aliphatic heterocycles. The van der Waals surface area contributed by atoms with Gasteiger partial charge in [-0.2, -0.15) is 13.2 Å². The Hall–Kier alpha value is -1.87. The van der Waals surface area contributed by atoms with Gasteiger partial charge >= 0.3 is 6.18 Å². The number of rotatable bonds is 4. The zero-order chi connectivity index (χ0) is 16.9. The normalized spacial score (nSPS) is 15.5. The molecule has 0 saturated heterocycles. The Labute approximate surface area is 138 Å². The summed E-state index contributed by atoms with van der Waals surface area (Å²) in [6.45, 7) is -0.265. The van der Waals surface area contributed by atoms with Crippen LogP contribution in [0.25, 0.3) is 16.7 Å². The molecule has 0 amide bonds. The molecule has 1 aromatic carbocycles. The van der Waals surface area contributed by atoms with Crippen LogP contribution in [0.2, 0.25) is 0 Å². The molecule has 0 unspecified atom stereocenters. The topological polar surface area (TPSA) is 63.3 Å². The molecule has 0 radical (unpaired) electrons. The van der Waals surface area contributed by atoms with E-state index < -0.39 is 12.0 Å². The average Bonchev–Trinajstić information content (AvgIpc) is 3.26. The maximum absolute atomic E-state index is 13.3. The van der Waals surface area contributed by atoms with Crippen LogP contribution < -0.4 is 0 Å². The molecule has 3 aromatic rings. The van der Waals surface area contributed by atoms with Gasteiger partial charge in [0.25, 0.3) is 0 Å². The molecular formula is C15H13F3N4OS. The molecule has 24 heavy (non-hydrogen) atoms. The standard InChI is InChI=1S/C15H13F3N4OS/c16-15(17,18)14-21-20-12-13(24-7-8-1-2-8)19-10-4-3-9(6-23)5-11(10)22(12)14/h3-5,8,23H,1-2,6-7H2. The van der Waals surface area contributed by atoms with E-state index in [1.165, 1.54) is 17.8 Å². The Balaban J connectivity index is 1.97. The minimum atomic E-state index is -4.62. The minimum Gasteiger partial charge on any atom is -0.392 e. The lowest BCUT2D eigenvalue weighted by molar-refractivity contribution is -0.145. The van der Waals surface area contributed by atoms with E-state index in [4.69, 9.17) is 0 Å². The summed E-state index contributed by atoms with van der Waals surface area (Å²) in [5.41, 5.74) is 1.27. The molecule has 1 saturated carbocycles. The molecule has 2 heterocycles. The molecule has 0 spiro atoms. The van der Waals surface area contributed by atoms with Crippen molar-refractivity contribution in [2.24, 2.45) is 5.92 Å². The second-order valence-corrected chi connectivity index (χ2v) is 6.84. The van der Waals surface area contributed by atoms with Crippen molar-refractivity contribution in [3.63, 3.8) is 0 Å². The van der Waals surface area contributed by atoms with E-state index >= 15 is 0 Å². The van der Waals surface area contributed by atoms with Crippen LogP contribution in [0.1, 0.15) is 24.2 Å². The highest BCUT2D eigenvalue weighted by Crippen LogP contribution is 2.37. The van der Waals surface area contributed by atoms with Crippen LogP contribution in [0.4, 0.5) is 13.2 Å². The summed E-state index contributed by atoms with van der Waals surface area (Å²) in [5.74, 6) is 0.347. The van der Waals surface area contributed by atoms with E-state index in [2.05, 4.69) is 15.2 Å².